The maximum Gasteiger partial charge on any atom is 0.325 e. The Kier molecular flexibility index (Phi) is 6.08. The Bertz CT molecular complexity index is 834. The summed E-state index contributed by atoms with van der Waals surface area (Å²) in [5.74, 6) is -1.01. The van der Waals surface area contributed by atoms with E-state index in [-0.39, 0.29) is 24.8 Å². The number of carbonyl (C=O) groups is 4. The number of urea groups is 1. The molecule has 162 valence electrons. The van der Waals surface area contributed by atoms with Gasteiger partial charge in [0.25, 0.3) is 11.8 Å². The summed E-state index contributed by atoms with van der Waals surface area (Å²) in [6.07, 6.45) is 9.84. The van der Waals surface area contributed by atoms with E-state index in [1.54, 1.807) is 0 Å². The molecular weight excluding hydrogens is 404 g/mol. The number of carbonyl (C=O) groups excluding carboxylic acids is 4. The molecule has 1 spiro atoms. The highest BCUT2D eigenvalue weighted by atomic mass is 32.1. The van der Waals surface area contributed by atoms with Crippen LogP contribution in [0, 0.1) is 0 Å². The molecule has 0 aromatic carbocycles. The van der Waals surface area contributed by atoms with Crippen LogP contribution in [0.5, 0.6) is 0 Å². The van der Waals surface area contributed by atoms with Crippen molar-refractivity contribution in [3.63, 3.8) is 0 Å². The van der Waals surface area contributed by atoms with Gasteiger partial charge in [-0.1, -0.05) is 25.7 Å². The van der Waals surface area contributed by atoms with Gasteiger partial charge in [-0.05, 0) is 50.2 Å². The molecule has 0 radical (unpaired) electrons. The lowest BCUT2D eigenvalue weighted by atomic mass is 9.98. The van der Waals surface area contributed by atoms with Crippen LogP contribution in [0.15, 0.2) is 6.07 Å². The van der Waals surface area contributed by atoms with Crippen molar-refractivity contribution in [2.45, 2.75) is 76.2 Å². The summed E-state index contributed by atoms with van der Waals surface area (Å²) in [5.41, 5.74) is 5.33. The van der Waals surface area contributed by atoms with E-state index in [4.69, 9.17) is 0 Å². The second kappa shape index (κ2) is 8.75. The standard InChI is InChI=1S/C21H28N4O4S/c26-17(9-12-25-19(28)21(22-20(25)29)10-5-6-11-21)23-24-18(27)16-13-14-7-3-1-2-4-8-15(14)30-16/h13H,1-12H2,(H,22,29)(H,23,26)(H,24,27). The van der Waals surface area contributed by atoms with E-state index in [0.29, 0.717) is 17.7 Å². The number of thiophene rings is 1. The lowest BCUT2D eigenvalue weighted by molar-refractivity contribution is -0.131. The average molecular weight is 433 g/mol. The molecule has 1 aliphatic heterocycles. The van der Waals surface area contributed by atoms with Gasteiger partial charge in [0, 0.05) is 17.8 Å². The molecule has 3 N–H and O–H groups in total. The zero-order valence-corrected chi connectivity index (χ0v) is 17.9. The van der Waals surface area contributed by atoms with Gasteiger partial charge in [0.05, 0.1) is 4.88 Å². The molecule has 4 rings (SSSR count). The highest BCUT2D eigenvalue weighted by Crippen LogP contribution is 2.35. The monoisotopic (exact) mass is 432 g/mol. The molecule has 3 aliphatic rings. The highest BCUT2D eigenvalue weighted by Gasteiger charge is 2.52. The van der Waals surface area contributed by atoms with Gasteiger partial charge in [-0.3, -0.25) is 30.1 Å². The Balaban J connectivity index is 1.26. The van der Waals surface area contributed by atoms with Crippen molar-refractivity contribution in [3.8, 4) is 0 Å². The molecule has 30 heavy (non-hydrogen) atoms. The number of nitrogens with one attached hydrogen (secondary N) is 3. The number of hydrogen-bond acceptors (Lipinski definition) is 5. The van der Waals surface area contributed by atoms with Crippen LogP contribution in [0.25, 0.3) is 0 Å². The van der Waals surface area contributed by atoms with Gasteiger partial charge < -0.3 is 5.32 Å². The topological polar surface area (TPSA) is 108 Å². The lowest BCUT2D eigenvalue weighted by Crippen LogP contribution is -2.45. The maximum absolute atomic E-state index is 12.6. The minimum atomic E-state index is -0.766. The predicted molar refractivity (Wildman–Crippen MR) is 112 cm³/mol. The van der Waals surface area contributed by atoms with Gasteiger partial charge in [-0.15, -0.1) is 11.3 Å². The molecule has 0 atom stereocenters. The van der Waals surface area contributed by atoms with E-state index in [9.17, 15) is 19.2 Å². The second-order valence-corrected chi connectivity index (χ2v) is 9.54. The first-order chi connectivity index (χ1) is 14.5. The van der Waals surface area contributed by atoms with Crippen LogP contribution in [0.2, 0.25) is 0 Å². The zero-order chi connectivity index (χ0) is 21.1. The quantitative estimate of drug-likeness (QED) is 0.502. The molecule has 2 fully saturated rings. The van der Waals surface area contributed by atoms with Crippen LogP contribution in [-0.2, 0) is 22.4 Å². The van der Waals surface area contributed by atoms with Gasteiger partial charge in [-0.2, -0.15) is 0 Å². The van der Waals surface area contributed by atoms with E-state index >= 15 is 0 Å². The van der Waals surface area contributed by atoms with Gasteiger partial charge in [0.2, 0.25) is 5.91 Å². The molecule has 0 unspecified atom stereocenters. The van der Waals surface area contributed by atoms with Crippen LogP contribution in [-0.4, -0.2) is 40.7 Å². The Morgan fingerprint density at radius 2 is 1.77 bits per heavy atom. The molecule has 1 aromatic rings. The van der Waals surface area contributed by atoms with Crippen molar-refractivity contribution in [1.29, 1.82) is 0 Å². The van der Waals surface area contributed by atoms with Crippen molar-refractivity contribution < 1.29 is 19.2 Å². The molecule has 2 heterocycles. The Labute approximate surface area is 179 Å². The number of fused-ring (bicyclic) bond motifs is 1. The number of imide groups is 1. The summed E-state index contributed by atoms with van der Waals surface area (Å²) >= 11 is 1.49. The first-order valence-electron chi connectivity index (χ1n) is 10.8. The first kappa shape index (κ1) is 20.8. The van der Waals surface area contributed by atoms with E-state index in [1.165, 1.54) is 34.6 Å². The van der Waals surface area contributed by atoms with E-state index in [2.05, 4.69) is 16.2 Å². The summed E-state index contributed by atoms with van der Waals surface area (Å²) in [7, 11) is 0. The predicted octanol–water partition coefficient (Wildman–Crippen LogP) is 2.42. The maximum atomic E-state index is 12.6. The summed E-state index contributed by atoms with van der Waals surface area (Å²) in [6.45, 7) is 0.00141. The number of hydrogen-bond donors (Lipinski definition) is 3. The fraction of sp³-hybridized carbons (Fsp3) is 0.619. The SMILES string of the molecule is O=C(CCN1C(=O)NC2(CCCC2)C1=O)NNC(=O)c1cc2c(s1)CCCCCC2. The molecule has 0 bridgehead atoms. The third-order valence-electron chi connectivity index (χ3n) is 6.30. The second-order valence-electron chi connectivity index (χ2n) is 8.40. The number of amides is 5. The number of hydrazine groups is 1. The van der Waals surface area contributed by atoms with Gasteiger partial charge >= 0.3 is 6.03 Å². The smallest absolute Gasteiger partial charge is 0.323 e. The Hall–Kier alpha value is -2.42. The van der Waals surface area contributed by atoms with Crippen molar-refractivity contribution >= 4 is 35.1 Å². The van der Waals surface area contributed by atoms with Crippen molar-refractivity contribution in [2.24, 2.45) is 0 Å². The summed E-state index contributed by atoms with van der Waals surface area (Å²) < 4.78 is 0. The number of aryl methyl sites for hydroxylation is 2. The minimum absolute atomic E-state index is 0.00141. The molecule has 1 saturated heterocycles. The van der Waals surface area contributed by atoms with E-state index < -0.39 is 17.5 Å². The van der Waals surface area contributed by atoms with E-state index in [0.717, 1.165) is 43.4 Å². The Morgan fingerprint density at radius 3 is 2.53 bits per heavy atom. The third-order valence-corrected chi connectivity index (χ3v) is 7.54. The molecule has 1 saturated carbocycles. The normalized spacial score (nSPS) is 20.5. The minimum Gasteiger partial charge on any atom is -0.323 e. The largest absolute Gasteiger partial charge is 0.325 e. The molecule has 5 amide bonds. The fourth-order valence-electron chi connectivity index (χ4n) is 4.62. The van der Waals surface area contributed by atoms with Crippen LogP contribution >= 0.6 is 11.3 Å². The third kappa shape index (κ3) is 4.21. The zero-order valence-electron chi connectivity index (χ0n) is 17.1. The summed E-state index contributed by atoms with van der Waals surface area (Å²) in [6, 6.07) is 1.50. The van der Waals surface area contributed by atoms with Crippen molar-refractivity contribution in [2.75, 3.05) is 6.54 Å². The molecule has 8 nitrogen and oxygen atoms in total. The number of nitrogens with zero attached hydrogens (tertiary/aromatic N) is 1. The first-order valence-corrected chi connectivity index (χ1v) is 11.6. The molecule has 9 heteroatoms. The molecule has 2 aliphatic carbocycles. The number of rotatable bonds is 4. The highest BCUT2D eigenvalue weighted by molar-refractivity contribution is 7.14. The van der Waals surface area contributed by atoms with Gasteiger partial charge in [0.15, 0.2) is 0 Å². The average Bonchev–Trinajstić information content (AvgIpc) is 3.39. The summed E-state index contributed by atoms with van der Waals surface area (Å²) in [4.78, 5) is 52.3. The van der Waals surface area contributed by atoms with Crippen molar-refractivity contribution in [1.82, 2.24) is 21.1 Å². The van der Waals surface area contributed by atoms with Crippen LogP contribution in [0.1, 0.15) is 77.9 Å². The van der Waals surface area contributed by atoms with Crippen LogP contribution in [0.4, 0.5) is 4.79 Å². The Morgan fingerprint density at radius 1 is 1.03 bits per heavy atom. The van der Waals surface area contributed by atoms with E-state index in [1.807, 2.05) is 6.07 Å². The fourth-order valence-corrected chi connectivity index (χ4v) is 5.77. The van der Waals surface area contributed by atoms with Gasteiger partial charge in [-0.25, -0.2) is 4.79 Å². The molecular formula is C21H28N4O4S. The summed E-state index contributed by atoms with van der Waals surface area (Å²) in [5, 5.41) is 2.79. The van der Waals surface area contributed by atoms with Crippen molar-refractivity contribution in [3.05, 3.63) is 21.4 Å². The van der Waals surface area contributed by atoms with Gasteiger partial charge in [0.1, 0.15) is 5.54 Å². The van der Waals surface area contributed by atoms with Crippen LogP contribution < -0.4 is 16.2 Å². The van der Waals surface area contributed by atoms with Crippen LogP contribution in [0.3, 0.4) is 0 Å². The lowest BCUT2D eigenvalue weighted by Gasteiger charge is -2.19. The molecule has 1 aromatic heterocycles.